The van der Waals surface area contributed by atoms with Gasteiger partial charge in [-0.3, -0.25) is 4.90 Å². The number of anilines is 2. The van der Waals surface area contributed by atoms with Gasteiger partial charge in [0.05, 0.1) is 11.3 Å². The smallest absolute Gasteiger partial charge is 0.350 e. The van der Waals surface area contributed by atoms with Crippen LogP contribution in [0.4, 0.5) is 25.0 Å². The Labute approximate surface area is 204 Å². The second-order valence-electron chi connectivity index (χ2n) is 7.93. The minimum absolute atomic E-state index is 0.0470. The van der Waals surface area contributed by atoms with Gasteiger partial charge in [-0.15, -0.1) is 5.01 Å². The molecule has 1 atom stereocenters. The molecule has 2 amide bonds. The SMILES string of the molecule is CC(C)N(C(=O)N1N=NN(c2c(F)cccc2F)C1O)c1ccc(C(=O)O)cc1Oc1ccccc1. The molecular formula is C24H21F2N5O5. The topological polar surface area (TPSA) is 118 Å². The normalized spacial score (nSPS) is 14.9. The van der Waals surface area contributed by atoms with Crippen molar-refractivity contribution in [3.63, 3.8) is 0 Å². The van der Waals surface area contributed by atoms with Crippen LogP contribution in [-0.2, 0) is 0 Å². The third-order valence-electron chi connectivity index (χ3n) is 5.19. The number of para-hydroxylation sites is 2. The lowest BCUT2D eigenvalue weighted by Crippen LogP contribution is -2.50. The molecule has 3 aromatic carbocycles. The highest BCUT2D eigenvalue weighted by Crippen LogP contribution is 2.37. The Morgan fingerprint density at radius 3 is 2.28 bits per heavy atom. The summed E-state index contributed by atoms with van der Waals surface area (Å²) in [6.07, 6.45) is -1.96. The van der Waals surface area contributed by atoms with Gasteiger partial charge in [-0.1, -0.05) is 24.3 Å². The van der Waals surface area contributed by atoms with E-state index in [1.165, 1.54) is 23.1 Å². The number of rotatable bonds is 6. The molecule has 0 saturated heterocycles. The number of benzene rings is 3. The molecule has 10 nitrogen and oxygen atoms in total. The van der Waals surface area contributed by atoms with Crippen molar-refractivity contribution in [1.29, 1.82) is 0 Å². The van der Waals surface area contributed by atoms with Crippen LogP contribution < -0.4 is 14.6 Å². The molecule has 0 spiro atoms. The van der Waals surface area contributed by atoms with Gasteiger partial charge in [0.15, 0.2) is 17.4 Å². The number of carboxylic acids is 1. The lowest BCUT2D eigenvalue weighted by molar-refractivity contribution is 0.0526. The first-order chi connectivity index (χ1) is 17.2. The molecule has 0 fully saturated rings. The van der Waals surface area contributed by atoms with Crippen LogP contribution >= 0.6 is 0 Å². The Morgan fingerprint density at radius 1 is 1.00 bits per heavy atom. The van der Waals surface area contributed by atoms with E-state index >= 15 is 0 Å². The number of halogens is 2. The molecule has 0 radical (unpaired) electrons. The minimum Gasteiger partial charge on any atom is -0.478 e. The van der Waals surface area contributed by atoms with Crippen LogP contribution in [0.1, 0.15) is 24.2 Å². The maximum absolute atomic E-state index is 14.2. The molecule has 1 aliphatic heterocycles. The van der Waals surface area contributed by atoms with Crippen LogP contribution in [0.5, 0.6) is 11.5 Å². The van der Waals surface area contributed by atoms with Crippen molar-refractivity contribution >= 4 is 23.4 Å². The molecular weight excluding hydrogens is 476 g/mol. The Morgan fingerprint density at radius 2 is 1.67 bits per heavy atom. The summed E-state index contributed by atoms with van der Waals surface area (Å²) in [7, 11) is 0. The van der Waals surface area contributed by atoms with Gasteiger partial charge in [0, 0.05) is 6.04 Å². The van der Waals surface area contributed by atoms with E-state index in [0.29, 0.717) is 15.8 Å². The number of hydrogen-bond acceptors (Lipinski definition) is 7. The van der Waals surface area contributed by atoms with Crippen molar-refractivity contribution in [3.8, 4) is 11.5 Å². The summed E-state index contributed by atoms with van der Waals surface area (Å²) in [6, 6.07) is 14.1. The Kier molecular flexibility index (Phi) is 6.79. The van der Waals surface area contributed by atoms with E-state index in [1.807, 2.05) is 0 Å². The second-order valence-corrected chi connectivity index (χ2v) is 7.93. The van der Waals surface area contributed by atoms with Crippen LogP contribution in [0, 0.1) is 11.6 Å². The average molecular weight is 497 g/mol. The Hall–Kier alpha value is -4.58. The van der Waals surface area contributed by atoms with E-state index < -0.39 is 41.7 Å². The minimum atomic E-state index is -1.96. The number of ether oxygens (including phenoxy) is 1. The third-order valence-corrected chi connectivity index (χ3v) is 5.19. The number of aromatic carboxylic acids is 1. The van der Waals surface area contributed by atoms with Gasteiger partial charge in [0.1, 0.15) is 11.4 Å². The van der Waals surface area contributed by atoms with E-state index in [0.717, 1.165) is 18.2 Å². The number of nitrogens with zero attached hydrogens (tertiary/aromatic N) is 5. The zero-order valence-corrected chi connectivity index (χ0v) is 19.1. The summed E-state index contributed by atoms with van der Waals surface area (Å²) in [4.78, 5) is 26.3. The highest BCUT2D eigenvalue weighted by Gasteiger charge is 2.40. The van der Waals surface area contributed by atoms with E-state index in [4.69, 9.17) is 4.74 Å². The number of hydrogen-bond donors (Lipinski definition) is 2. The van der Waals surface area contributed by atoms with Gasteiger partial charge < -0.3 is 14.9 Å². The van der Waals surface area contributed by atoms with E-state index in [2.05, 4.69) is 10.4 Å². The molecule has 0 saturated carbocycles. The summed E-state index contributed by atoms with van der Waals surface area (Å²) in [5.41, 5.74) is -0.594. The molecule has 0 bridgehead atoms. The number of aliphatic hydroxyl groups is 1. The average Bonchev–Trinajstić information content (AvgIpc) is 3.21. The summed E-state index contributed by atoms with van der Waals surface area (Å²) in [5.74, 6) is -2.78. The highest BCUT2D eigenvalue weighted by atomic mass is 19.1. The molecule has 12 heteroatoms. The monoisotopic (exact) mass is 497 g/mol. The lowest BCUT2D eigenvalue weighted by Gasteiger charge is -2.32. The maximum atomic E-state index is 14.2. The zero-order chi connectivity index (χ0) is 26.0. The summed E-state index contributed by atoms with van der Waals surface area (Å²) in [6.45, 7) is 3.34. The molecule has 0 aliphatic carbocycles. The molecule has 36 heavy (non-hydrogen) atoms. The van der Waals surface area contributed by atoms with Crippen molar-refractivity contribution in [1.82, 2.24) is 5.01 Å². The predicted molar refractivity (Wildman–Crippen MR) is 124 cm³/mol. The highest BCUT2D eigenvalue weighted by molar-refractivity contribution is 5.96. The standard InChI is InChI=1S/C24H21F2N5O5/c1-14(2)29(19-12-11-15(22(32)33)13-20(19)36-16-7-4-3-5-8-16)23(34)31-24(35)30(27-28-31)21-17(25)9-6-10-18(21)26/h3-14,24,35H,1-2H3,(H,32,33). The predicted octanol–water partition coefficient (Wildman–Crippen LogP) is 5.17. The Bertz CT molecular complexity index is 1300. The molecule has 1 heterocycles. The summed E-state index contributed by atoms with van der Waals surface area (Å²) >= 11 is 0. The number of carbonyl (C=O) groups is 2. The van der Waals surface area contributed by atoms with Gasteiger partial charge in [0.25, 0.3) is 6.35 Å². The van der Waals surface area contributed by atoms with Gasteiger partial charge in [-0.2, -0.15) is 5.01 Å². The first kappa shape index (κ1) is 24.5. The Balaban J connectivity index is 1.70. The molecule has 4 rings (SSSR count). The molecule has 186 valence electrons. The number of carboxylic acid groups (broad SMARTS) is 1. The fraction of sp³-hybridized carbons (Fsp3) is 0.167. The molecule has 1 unspecified atom stereocenters. The third kappa shape index (κ3) is 4.66. The molecule has 0 aromatic heterocycles. The van der Waals surface area contributed by atoms with Crippen molar-refractivity contribution < 1.29 is 33.3 Å². The van der Waals surface area contributed by atoms with Crippen molar-refractivity contribution in [2.75, 3.05) is 9.91 Å². The molecule has 1 aliphatic rings. The summed E-state index contributed by atoms with van der Waals surface area (Å²) in [5, 5.41) is 28.4. The summed E-state index contributed by atoms with van der Waals surface area (Å²) < 4.78 is 34.4. The van der Waals surface area contributed by atoms with Gasteiger partial charge in [-0.05, 0) is 66.8 Å². The fourth-order valence-electron chi connectivity index (χ4n) is 3.54. The maximum Gasteiger partial charge on any atom is 0.350 e. The largest absolute Gasteiger partial charge is 0.478 e. The van der Waals surface area contributed by atoms with Crippen LogP contribution in [0.3, 0.4) is 0 Å². The molecule has 3 aromatic rings. The quantitative estimate of drug-likeness (QED) is 0.485. The fourth-order valence-corrected chi connectivity index (χ4v) is 3.54. The van der Waals surface area contributed by atoms with Crippen LogP contribution in [0.15, 0.2) is 77.2 Å². The van der Waals surface area contributed by atoms with E-state index in [1.54, 1.807) is 44.2 Å². The zero-order valence-electron chi connectivity index (χ0n) is 19.1. The van der Waals surface area contributed by atoms with E-state index in [9.17, 15) is 28.6 Å². The van der Waals surface area contributed by atoms with Crippen molar-refractivity contribution in [3.05, 3.63) is 83.9 Å². The van der Waals surface area contributed by atoms with E-state index in [-0.39, 0.29) is 17.0 Å². The molecule has 2 N–H and O–H groups in total. The lowest BCUT2D eigenvalue weighted by atomic mass is 10.1. The van der Waals surface area contributed by atoms with Crippen molar-refractivity contribution in [2.24, 2.45) is 10.4 Å². The second kappa shape index (κ2) is 9.96. The van der Waals surface area contributed by atoms with Gasteiger partial charge in [-0.25, -0.2) is 18.4 Å². The first-order valence-electron chi connectivity index (χ1n) is 10.7. The van der Waals surface area contributed by atoms with Crippen LogP contribution in [0.2, 0.25) is 0 Å². The number of urea groups is 1. The first-order valence-corrected chi connectivity index (χ1v) is 10.7. The van der Waals surface area contributed by atoms with Crippen LogP contribution in [-0.4, -0.2) is 39.6 Å². The number of amides is 2. The van der Waals surface area contributed by atoms with Crippen molar-refractivity contribution in [2.45, 2.75) is 26.2 Å². The van der Waals surface area contributed by atoms with Gasteiger partial charge >= 0.3 is 12.0 Å². The van der Waals surface area contributed by atoms with Gasteiger partial charge in [0.2, 0.25) is 0 Å². The number of aliphatic hydroxyl groups excluding tert-OH is 1. The van der Waals surface area contributed by atoms with Crippen LogP contribution in [0.25, 0.3) is 0 Å². The number of carbonyl (C=O) groups excluding carboxylic acids is 1.